The van der Waals surface area contributed by atoms with E-state index >= 15 is 0 Å². The van der Waals surface area contributed by atoms with Crippen LogP contribution in [0.3, 0.4) is 0 Å². The van der Waals surface area contributed by atoms with E-state index in [1.807, 2.05) is 6.07 Å². The van der Waals surface area contributed by atoms with Crippen LogP contribution in [0.4, 0.5) is 0 Å². The lowest BCUT2D eigenvalue weighted by Gasteiger charge is -2.15. The molecule has 2 heterocycles. The number of nitrogens with zero attached hydrogens (tertiary/aromatic N) is 3. The maximum absolute atomic E-state index is 5.27. The van der Waals surface area contributed by atoms with Crippen molar-refractivity contribution >= 4 is 54.1 Å². The third-order valence-electron chi connectivity index (χ3n) is 13.4. The van der Waals surface area contributed by atoms with Crippen molar-refractivity contribution in [3.63, 3.8) is 0 Å². The standard InChI is InChI=1S/C64H41N3/c1-3-13-42(14-4-1)43-25-33-49(34-26-43)64-65-59(46-27-23-44(24-28-46)50-36-37-56-55-21-11-12-22-61(55)67(62(56)40-50)52-17-5-2-6-18-52)41-60(66-64)47-29-31-48(32-30-47)63-54-20-10-8-16-51(54)39-58-53-19-9-7-15-45(53)35-38-57(58)63/h1-41H. The molecule has 67 heavy (non-hydrogen) atoms. The SMILES string of the molecule is c1ccc(-c2ccc(-c3nc(-c4ccc(-c5ccc6c7ccccc7n(-c7ccccc7)c6c5)cc4)cc(-c4ccc(-c5c6ccccc6cc6c5ccc5ccccc56)cc4)n3)cc2)cc1. The zero-order valence-corrected chi connectivity index (χ0v) is 36.5. The van der Waals surface area contributed by atoms with E-state index in [1.54, 1.807) is 0 Å². The predicted octanol–water partition coefficient (Wildman–Crippen LogP) is 17.0. The van der Waals surface area contributed by atoms with Crippen molar-refractivity contribution in [2.24, 2.45) is 0 Å². The molecule has 0 aliphatic heterocycles. The van der Waals surface area contributed by atoms with Crippen LogP contribution in [0.15, 0.2) is 249 Å². The van der Waals surface area contributed by atoms with Gasteiger partial charge in [0.1, 0.15) is 0 Å². The van der Waals surface area contributed by atoms with Crippen LogP contribution >= 0.6 is 0 Å². The van der Waals surface area contributed by atoms with Gasteiger partial charge in [0.05, 0.1) is 22.4 Å². The lowest BCUT2D eigenvalue weighted by atomic mass is 9.89. The van der Waals surface area contributed by atoms with Crippen LogP contribution in [-0.4, -0.2) is 14.5 Å². The highest BCUT2D eigenvalue weighted by Gasteiger charge is 2.17. The maximum Gasteiger partial charge on any atom is 0.160 e. The molecule has 13 aromatic rings. The fraction of sp³-hybridized carbons (Fsp3) is 0. The van der Waals surface area contributed by atoms with E-state index < -0.39 is 0 Å². The van der Waals surface area contributed by atoms with Gasteiger partial charge in [-0.15, -0.1) is 0 Å². The summed E-state index contributed by atoms with van der Waals surface area (Å²) in [7, 11) is 0. The van der Waals surface area contributed by atoms with Gasteiger partial charge in [0, 0.05) is 33.2 Å². The zero-order valence-electron chi connectivity index (χ0n) is 36.5. The second-order valence-electron chi connectivity index (χ2n) is 17.3. The normalized spacial score (nSPS) is 11.6. The smallest absolute Gasteiger partial charge is 0.160 e. The van der Waals surface area contributed by atoms with Crippen molar-refractivity contribution < 1.29 is 0 Å². The number of hydrogen-bond donors (Lipinski definition) is 0. The first-order valence-corrected chi connectivity index (χ1v) is 22.9. The van der Waals surface area contributed by atoms with Gasteiger partial charge < -0.3 is 4.57 Å². The number of hydrogen-bond acceptors (Lipinski definition) is 2. The summed E-state index contributed by atoms with van der Waals surface area (Å²) in [5.74, 6) is 0.686. The molecule has 0 bridgehead atoms. The van der Waals surface area contributed by atoms with Crippen molar-refractivity contribution in [1.82, 2.24) is 14.5 Å². The van der Waals surface area contributed by atoms with Gasteiger partial charge >= 0.3 is 0 Å². The van der Waals surface area contributed by atoms with E-state index in [2.05, 4.69) is 247 Å². The van der Waals surface area contributed by atoms with Crippen LogP contribution in [0.1, 0.15) is 0 Å². The average Bonchev–Trinajstić information content (AvgIpc) is 3.74. The Morgan fingerprint density at radius 3 is 1.46 bits per heavy atom. The summed E-state index contributed by atoms with van der Waals surface area (Å²) in [6.07, 6.45) is 0. The Bertz CT molecular complexity index is 3980. The molecule has 11 aromatic carbocycles. The number of fused-ring (bicyclic) bond motifs is 7. The Kier molecular flexibility index (Phi) is 9.17. The molecule has 0 amide bonds. The van der Waals surface area contributed by atoms with E-state index in [4.69, 9.17) is 9.97 Å². The van der Waals surface area contributed by atoms with Gasteiger partial charge in [0.2, 0.25) is 0 Å². The molecule has 0 unspecified atom stereocenters. The molecule has 3 nitrogen and oxygen atoms in total. The molecule has 0 fully saturated rings. The van der Waals surface area contributed by atoms with E-state index in [-0.39, 0.29) is 0 Å². The van der Waals surface area contributed by atoms with Gasteiger partial charge in [-0.2, -0.15) is 0 Å². The molecule has 13 rings (SSSR count). The largest absolute Gasteiger partial charge is 0.309 e. The third kappa shape index (κ3) is 6.76. The minimum absolute atomic E-state index is 0.686. The van der Waals surface area contributed by atoms with E-state index in [0.717, 1.165) is 50.5 Å². The first-order chi connectivity index (χ1) is 33.2. The Morgan fingerprint density at radius 1 is 0.254 bits per heavy atom. The summed E-state index contributed by atoms with van der Waals surface area (Å²) in [4.78, 5) is 10.5. The minimum Gasteiger partial charge on any atom is -0.309 e. The Balaban J connectivity index is 0.908. The van der Waals surface area contributed by atoms with Crippen molar-refractivity contribution in [3.05, 3.63) is 249 Å². The highest BCUT2D eigenvalue weighted by Crippen LogP contribution is 2.41. The maximum atomic E-state index is 5.27. The highest BCUT2D eigenvalue weighted by molar-refractivity contribution is 6.20. The Morgan fingerprint density at radius 2 is 0.746 bits per heavy atom. The summed E-state index contributed by atoms with van der Waals surface area (Å²) in [6, 6.07) is 89.4. The number of benzene rings is 11. The molecule has 0 atom stereocenters. The number of rotatable bonds is 7. The quantitative estimate of drug-likeness (QED) is 0.118. The van der Waals surface area contributed by atoms with Crippen LogP contribution in [0, 0.1) is 0 Å². The van der Waals surface area contributed by atoms with Gasteiger partial charge in [0.25, 0.3) is 0 Å². The molecule has 3 heteroatoms. The van der Waals surface area contributed by atoms with Gasteiger partial charge in [-0.3, -0.25) is 0 Å². The summed E-state index contributed by atoms with van der Waals surface area (Å²) < 4.78 is 2.37. The molecule has 2 aromatic heterocycles. The molecule has 0 N–H and O–H groups in total. The summed E-state index contributed by atoms with van der Waals surface area (Å²) >= 11 is 0. The van der Waals surface area contributed by atoms with Crippen LogP contribution in [0.5, 0.6) is 0 Å². The van der Waals surface area contributed by atoms with Crippen LogP contribution in [0.2, 0.25) is 0 Å². The van der Waals surface area contributed by atoms with Crippen LogP contribution in [-0.2, 0) is 0 Å². The van der Waals surface area contributed by atoms with Crippen molar-refractivity contribution in [2.75, 3.05) is 0 Å². The van der Waals surface area contributed by atoms with Crippen molar-refractivity contribution in [2.45, 2.75) is 0 Å². The molecule has 0 aliphatic rings. The minimum atomic E-state index is 0.686. The van der Waals surface area contributed by atoms with Gasteiger partial charge in [-0.1, -0.05) is 212 Å². The Hall–Kier alpha value is -8.92. The molecule has 0 saturated carbocycles. The first-order valence-electron chi connectivity index (χ1n) is 22.9. The first kappa shape index (κ1) is 38.5. The summed E-state index contributed by atoms with van der Waals surface area (Å²) in [5.41, 5.74) is 15.4. The fourth-order valence-electron chi connectivity index (χ4n) is 10.1. The van der Waals surface area contributed by atoms with E-state index in [9.17, 15) is 0 Å². The fourth-order valence-corrected chi connectivity index (χ4v) is 10.1. The second kappa shape index (κ2) is 16.0. The molecule has 0 radical (unpaired) electrons. The molecular weight excluding hydrogens is 811 g/mol. The lowest BCUT2D eigenvalue weighted by molar-refractivity contribution is 1.18. The lowest BCUT2D eigenvalue weighted by Crippen LogP contribution is -1.96. The summed E-state index contributed by atoms with van der Waals surface area (Å²) in [5, 5.41) is 9.99. The molecule has 0 spiro atoms. The van der Waals surface area contributed by atoms with Crippen molar-refractivity contribution in [1.29, 1.82) is 0 Å². The monoisotopic (exact) mass is 851 g/mol. The number of aromatic nitrogens is 3. The average molecular weight is 852 g/mol. The molecule has 312 valence electrons. The molecule has 0 aliphatic carbocycles. The number of para-hydroxylation sites is 2. The predicted molar refractivity (Wildman–Crippen MR) is 282 cm³/mol. The van der Waals surface area contributed by atoms with E-state index in [0.29, 0.717) is 5.82 Å². The van der Waals surface area contributed by atoms with Gasteiger partial charge in [-0.25, -0.2) is 9.97 Å². The summed E-state index contributed by atoms with van der Waals surface area (Å²) in [6.45, 7) is 0. The third-order valence-corrected chi connectivity index (χ3v) is 13.4. The zero-order chi connectivity index (χ0) is 44.3. The van der Waals surface area contributed by atoms with Crippen LogP contribution in [0.25, 0.3) is 127 Å². The second-order valence-corrected chi connectivity index (χ2v) is 17.3. The molecular formula is C64H41N3. The van der Waals surface area contributed by atoms with E-state index in [1.165, 1.54) is 70.8 Å². The highest BCUT2D eigenvalue weighted by atomic mass is 15.0. The van der Waals surface area contributed by atoms with Gasteiger partial charge in [-0.05, 0) is 102 Å². The Labute approximate surface area is 388 Å². The molecule has 0 saturated heterocycles. The van der Waals surface area contributed by atoms with Crippen LogP contribution < -0.4 is 0 Å². The van der Waals surface area contributed by atoms with Gasteiger partial charge in [0.15, 0.2) is 5.82 Å². The van der Waals surface area contributed by atoms with Crippen molar-refractivity contribution in [3.8, 4) is 73.0 Å². The topological polar surface area (TPSA) is 30.7 Å².